The second-order valence-corrected chi connectivity index (χ2v) is 3.76. The van der Waals surface area contributed by atoms with E-state index in [1.54, 1.807) is 6.26 Å². The van der Waals surface area contributed by atoms with E-state index in [0.717, 1.165) is 45.2 Å². The highest BCUT2D eigenvalue weighted by Crippen LogP contribution is 1.97. The van der Waals surface area contributed by atoms with Gasteiger partial charge in [0.2, 0.25) is 0 Å². The zero-order valence-electron chi connectivity index (χ0n) is 10.2. The molecule has 1 aromatic heterocycles. The Bertz CT molecular complexity index is 250. The van der Waals surface area contributed by atoms with Crippen molar-refractivity contribution in [1.82, 2.24) is 10.2 Å². The minimum absolute atomic E-state index is 0.796. The lowest BCUT2D eigenvalue weighted by atomic mass is 10.4. The molecule has 0 amide bonds. The van der Waals surface area contributed by atoms with E-state index in [-0.39, 0.29) is 0 Å². The molecular weight excluding hydrogens is 204 g/mol. The third-order valence-electron chi connectivity index (χ3n) is 2.37. The van der Waals surface area contributed by atoms with Crippen molar-refractivity contribution in [2.75, 3.05) is 39.9 Å². The zero-order chi connectivity index (χ0) is 11.6. The molecule has 0 aliphatic rings. The minimum Gasteiger partial charge on any atom is -0.468 e. The van der Waals surface area contributed by atoms with Crippen molar-refractivity contribution in [2.45, 2.75) is 13.5 Å². The molecule has 0 unspecified atom stereocenters. The molecule has 16 heavy (non-hydrogen) atoms. The second-order valence-electron chi connectivity index (χ2n) is 3.76. The van der Waals surface area contributed by atoms with Gasteiger partial charge >= 0.3 is 0 Å². The molecule has 0 aromatic carbocycles. The fourth-order valence-electron chi connectivity index (χ4n) is 1.37. The maximum atomic E-state index is 5.29. The first-order chi connectivity index (χ1) is 7.83. The summed E-state index contributed by atoms with van der Waals surface area (Å²) in [4.78, 5) is 2.25. The predicted octanol–water partition coefficient (Wildman–Crippen LogP) is 1.34. The van der Waals surface area contributed by atoms with Crippen LogP contribution in [0.3, 0.4) is 0 Å². The Morgan fingerprint density at radius 1 is 1.44 bits per heavy atom. The Morgan fingerprint density at radius 2 is 2.31 bits per heavy atom. The number of nitrogens with zero attached hydrogens (tertiary/aromatic N) is 1. The van der Waals surface area contributed by atoms with Gasteiger partial charge in [0.05, 0.1) is 19.4 Å². The highest BCUT2D eigenvalue weighted by atomic mass is 16.5. The molecule has 92 valence electrons. The van der Waals surface area contributed by atoms with Crippen LogP contribution >= 0.6 is 0 Å². The number of ether oxygens (including phenoxy) is 1. The molecule has 0 radical (unpaired) electrons. The second kappa shape index (κ2) is 8.33. The van der Waals surface area contributed by atoms with Crippen LogP contribution in [-0.2, 0) is 11.3 Å². The average Bonchev–Trinajstić information content (AvgIpc) is 2.78. The van der Waals surface area contributed by atoms with E-state index in [4.69, 9.17) is 9.15 Å². The average molecular weight is 226 g/mol. The minimum atomic E-state index is 0.796. The summed E-state index contributed by atoms with van der Waals surface area (Å²) in [6.45, 7) is 7.39. The van der Waals surface area contributed by atoms with Crippen LogP contribution < -0.4 is 5.32 Å². The summed E-state index contributed by atoms with van der Waals surface area (Å²) in [5.74, 6) is 0.983. The predicted molar refractivity (Wildman–Crippen MR) is 64.4 cm³/mol. The van der Waals surface area contributed by atoms with Crippen molar-refractivity contribution in [3.05, 3.63) is 24.2 Å². The van der Waals surface area contributed by atoms with Crippen LogP contribution in [0.25, 0.3) is 0 Å². The third-order valence-corrected chi connectivity index (χ3v) is 2.37. The molecule has 0 saturated heterocycles. The largest absolute Gasteiger partial charge is 0.468 e. The summed E-state index contributed by atoms with van der Waals surface area (Å²) < 4.78 is 10.5. The maximum absolute atomic E-state index is 5.29. The SMILES string of the molecule is CCOCCN(C)CCNCc1ccco1. The summed E-state index contributed by atoms with van der Waals surface area (Å²) in [5.41, 5.74) is 0. The zero-order valence-corrected chi connectivity index (χ0v) is 10.2. The van der Waals surface area contributed by atoms with Crippen LogP contribution in [-0.4, -0.2) is 44.8 Å². The van der Waals surface area contributed by atoms with Gasteiger partial charge in [0.15, 0.2) is 0 Å². The first-order valence-corrected chi connectivity index (χ1v) is 5.82. The number of rotatable bonds is 9. The number of furan rings is 1. The maximum Gasteiger partial charge on any atom is 0.117 e. The molecule has 1 N–H and O–H groups in total. The molecule has 0 aliphatic carbocycles. The first-order valence-electron chi connectivity index (χ1n) is 5.82. The molecular formula is C12H22N2O2. The van der Waals surface area contributed by atoms with E-state index in [1.165, 1.54) is 0 Å². The van der Waals surface area contributed by atoms with Gasteiger partial charge in [-0.25, -0.2) is 0 Å². The summed E-state index contributed by atoms with van der Waals surface area (Å²) in [5, 5.41) is 3.33. The van der Waals surface area contributed by atoms with Crippen molar-refractivity contribution in [2.24, 2.45) is 0 Å². The number of hydrogen-bond acceptors (Lipinski definition) is 4. The van der Waals surface area contributed by atoms with Gasteiger partial charge < -0.3 is 19.4 Å². The van der Waals surface area contributed by atoms with Crippen LogP contribution in [0.5, 0.6) is 0 Å². The smallest absolute Gasteiger partial charge is 0.117 e. The van der Waals surface area contributed by atoms with Gasteiger partial charge in [-0.3, -0.25) is 0 Å². The van der Waals surface area contributed by atoms with E-state index < -0.39 is 0 Å². The Hall–Kier alpha value is -0.840. The van der Waals surface area contributed by atoms with Crippen molar-refractivity contribution >= 4 is 0 Å². The summed E-state index contributed by atoms with van der Waals surface area (Å²) in [6, 6.07) is 3.89. The fourth-order valence-corrected chi connectivity index (χ4v) is 1.37. The molecule has 0 spiro atoms. The molecule has 0 bridgehead atoms. The molecule has 0 atom stereocenters. The van der Waals surface area contributed by atoms with E-state index in [0.29, 0.717) is 0 Å². The Kier molecular flexibility index (Phi) is 6.88. The van der Waals surface area contributed by atoms with Crippen LogP contribution in [0.1, 0.15) is 12.7 Å². The molecule has 1 aromatic rings. The number of nitrogens with one attached hydrogen (secondary N) is 1. The topological polar surface area (TPSA) is 37.6 Å². The molecule has 4 heteroatoms. The van der Waals surface area contributed by atoms with E-state index in [9.17, 15) is 0 Å². The third kappa shape index (κ3) is 5.90. The van der Waals surface area contributed by atoms with Gasteiger partial charge in [-0.15, -0.1) is 0 Å². The normalized spacial score (nSPS) is 11.2. The molecule has 4 nitrogen and oxygen atoms in total. The molecule has 0 aliphatic heterocycles. The Morgan fingerprint density at radius 3 is 3.00 bits per heavy atom. The quantitative estimate of drug-likeness (QED) is 0.645. The van der Waals surface area contributed by atoms with Crippen molar-refractivity contribution in [3.8, 4) is 0 Å². The molecule has 1 heterocycles. The lowest BCUT2D eigenvalue weighted by molar-refractivity contribution is 0.122. The highest BCUT2D eigenvalue weighted by Gasteiger charge is 1.98. The van der Waals surface area contributed by atoms with Gasteiger partial charge in [0.25, 0.3) is 0 Å². The van der Waals surface area contributed by atoms with Gasteiger partial charge in [-0.2, -0.15) is 0 Å². The van der Waals surface area contributed by atoms with E-state index in [2.05, 4.69) is 17.3 Å². The van der Waals surface area contributed by atoms with Gasteiger partial charge in [-0.1, -0.05) is 0 Å². The molecule has 0 fully saturated rings. The number of hydrogen-bond donors (Lipinski definition) is 1. The van der Waals surface area contributed by atoms with Gasteiger partial charge in [-0.05, 0) is 26.1 Å². The van der Waals surface area contributed by atoms with Crippen molar-refractivity contribution in [3.63, 3.8) is 0 Å². The summed E-state index contributed by atoms with van der Waals surface area (Å²) in [7, 11) is 2.10. The van der Waals surface area contributed by atoms with Gasteiger partial charge in [0, 0.05) is 26.2 Å². The summed E-state index contributed by atoms with van der Waals surface area (Å²) in [6.07, 6.45) is 1.70. The van der Waals surface area contributed by atoms with E-state index >= 15 is 0 Å². The standard InChI is InChI=1S/C12H22N2O2/c1-3-15-10-8-14(2)7-6-13-11-12-5-4-9-16-12/h4-5,9,13H,3,6-8,10-11H2,1-2H3. The van der Waals surface area contributed by atoms with Crippen molar-refractivity contribution in [1.29, 1.82) is 0 Å². The lowest BCUT2D eigenvalue weighted by Gasteiger charge is -2.16. The van der Waals surface area contributed by atoms with Crippen LogP contribution in [0, 0.1) is 0 Å². The molecule has 0 saturated carbocycles. The molecule has 1 rings (SSSR count). The summed E-state index contributed by atoms with van der Waals surface area (Å²) >= 11 is 0. The van der Waals surface area contributed by atoms with Gasteiger partial charge in [0.1, 0.15) is 5.76 Å². The lowest BCUT2D eigenvalue weighted by Crippen LogP contribution is -2.31. The Labute approximate surface area is 97.6 Å². The highest BCUT2D eigenvalue weighted by molar-refractivity contribution is 4.97. The van der Waals surface area contributed by atoms with E-state index in [1.807, 2.05) is 19.1 Å². The monoisotopic (exact) mass is 226 g/mol. The van der Waals surface area contributed by atoms with Crippen LogP contribution in [0.15, 0.2) is 22.8 Å². The van der Waals surface area contributed by atoms with Crippen LogP contribution in [0.4, 0.5) is 0 Å². The fraction of sp³-hybridized carbons (Fsp3) is 0.667. The Balaban J connectivity index is 1.94. The number of likely N-dealkylation sites (N-methyl/N-ethyl adjacent to an activating group) is 1. The van der Waals surface area contributed by atoms with Crippen molar-refractivity contribution < 1.29 is 9.15 Å². The van der Waals surface area contributed by atoms with Crippen LogP contribution in [0.2, 0.25) is 0 Å². The first kappa shape index (κ1) is 13.2.